The molecule has 140 valence electrons. The van der Waals surface area contributed by atoms with Gasteiger partial charge in [0, 0.05) is 22.9 Å². The van der Waals surface area contributed by atoms with Gasteiger partial charge in [-0.15, -0.1) is 0 Å². The van der Waals surface area contributed by atoms with Crippen molar-refractivity contribution in [2.24, 2.45) is 0 Å². The topological polar surface area (TPSA) is 82.3 Å². The fourth-order valence-corrected chi connectivity index (χ4v) is 3.99. The van der Waals surface area contributed by atoms with E-state index in [2.05, 4.69) is 21.3 Å². The highest BCUT2D eigenvalue weighted by molar-refractivity contribution is 6.30. The molecule has 2 fully saturated rings. The molecule has 0 aliphatic carbocycles. The summed E-state index contributed by atoms with van der Waals surface area (Å²) >= 11 is 11.9. The molecule has 2 saturated heterocycles. The van der Waals surface area contributed by atoms with Crippen LogP contribution in [-0.4, -0.2) is 17.7 Å². The molecule has 0 aromatic heterocycles. The van der Waals surface area contributed by atoms with E-state index in [-0.39, 0.29) is 24.1 Å². The molecule has 8 heteroatoms. The zero-order chi connectivity index (χ0) is 19.0. The summed E-state index contributed by atoms with van der Waals surface area (Å²) in [6.45, 7) is 0. The number of rotatable bonds is 2. The van der Waals surface area contributed by atoms with Crippen molar-refractivity contribution in [3.8, 4) is 0 Å². The Hall–Kier alpha value is -2.44. The Labute approximate surface area is 166 Å². The van der Waals surface area contributed by atoms with Crippen LogP contribution in [0.3, 0.4) is 0 Å². The summed E-state index contributed by atoms with van der Waals surface area (Å²) in [5.41, 5.74) is 1.02. The molecule has 27 heavy (non-hydrogen) atoms. The van der Waals surface area contributed by atoms with Gasteiger partial charge in [-0.1, -0.05) is 47.5 Å². The fourth-order valence-electron chi connectivity index (χ4n) is 3.73. The van der Waals surface area contributed by atoms with Crippen molar-refractivity contribution >= 4 is 35.3 Å². The van der Waals surface area contributed by atoms with Gasteiger partial charge in [-0.05, 0) is 35.4 Å². The molecule has 2 atom stereocenters. The van der Waals surface area contributed by atoms with E-state index in [1.807, 2.05) is 24.3 Å². The number of halogens is 2. The smallest absolute Gasteiger partial charge is 0.317 e. The molecule has 0 radical (unpaired) electrons. The van der Waals surface area contributed by atoms with E-state index >= 15 is 0 Å². The Balaban J connectivity index is 1.61. The second-order valence-corrected chi connectivity index (χ2v) is 7.77. The van der Waals surface area contributed by atoms with Gasteiger partial charge in [-0.25, -0.2) is 9.59 Å². The van der Waals surface area contributed by atoms with Crippen LogP contribution in [-0.2, 0) is 0 Å². The number of carbonyl (C=O) groups is 2. The molecule has 0 saturated carbocycles. The molecule has 2 aliphatic rings. The zero-order valence-electron chi connectivity index (χ0n) is 14.3. The highest BCUT2D eigenvalue weighted by Crippen LogP contribution is 2.35. The number of nitrogens with one attached hydrogen (secondary N) is 4. The molecule has 1 spiro atoms. The van der Waals surface area contributed by atoms with E-state index in [0.29, 0.717) is 22.9 Å². The first-order chi connectivity index (χ1) is 12.9. The standard InChI is InChI=1S/C19H18Cl2N4O2/c20-13-5-1-11(2-6-13)15-9-19(24-17(26)22-15)10-16(23-18(27)25-19)12-3-7-14(21)8-4-12/h1-8,15-16H,9-10H2,(H2,22,24,26)(H2,23,25,27). The second kappa shape index (κ2) is 6.94. The van der Waals surface area contributed by atoms with Gasteiger partial charge in [-0.3, -0.25) is 0 Å². The largest absolute Gasteiger partial charge is 0.331 e. The number of benzene rings is 2. The highest BCUT2D eigenvalue weighted by Gasteiger charge is 2.46. The number of carbonyl (C=O) groups excluding carboxylic acids is 2. The molecule has 2 aliphatic heterocycles. The number of urea groups is 2. The molecule has 4 amide bonds. The molecule has 2 aromatic rings. The number of hydrogen-bond donors (Lipinski definition) is 4. The van der Waals surface area contributed by atoms with Gasteiger partial charge in [0.2, 0.25) is 0 Å². The average molecular weight is 405 g/mol. The quantitative estimate of drug-likeness (QED) is 0.612. The van der Waals surface area contributed by atoms with Crippen LogP contribution >= 0.6 is 23.2 Å². The molecular formula is C19H18Cl2N4O2. The van der Waals surface area contributed by atoms with Crippen LogP contribution in [0, 0.1) is 0 Å². The van der Waals surface area contributed by atoms with E-state index < -0.39 is 5.66 Å². The van der Waals surface area contributed by atoms with E-state index in [0.717, 1.165) is 11.1 Å². The lowest BCUT2D eigenvalue weighted by molar-refractivity contribution is 0.130. The van der Waals surface area contributed by atoms with Crippen molar-refractivity contribution in [1.29, 1.82) is 0 Å². The third-order valence-electron chi connectivity index (χ3n) is 4.97. The minimum atomic E-state index is -0.848. The summed E-state index contributed by atoms with van der Waals surface area (Å²) in [7, 11) is 0. The Bertz CT molecular complexity index is 797. The van der Waals surface area contributed by atoms with Gasteiger partial charge in [0.1, 0.15) is 5.66 Å². The summed E-state index contributed by atoms with van der Waals surface area (Å²) in [5.74, 6) is 0. The predicted octanol–water partition coefficient (Wildman–Crippen LogP) is 3.88. The predicted molar refractivity (Wildman–Crippen MR) is 104 cm³/mol. The molecule has 2 heterocycles. The molecular weight excluding hydrogens is 387 g/mol. The zero-order valence-corrected chi connectivity index (χ0v) is 15.8. The normalized spacial score (nSPS) is 27.3. The fraction of sp³-hybridized carbons (Fsp3) is 0.263. The maximum atomic E-state index is 12.3. The van der Waals surface area contributed by atoms with Gasteiger partial charge < -0.3 is 21.3 Å². The van der Waals surface area contributed by atoms with Crippen molar-refractivity contribution in [2.45, 2.75) is 30.6 Å². The van der Waals surface area contributed by atoms with Crippen LogP contribution in [0.4, 0.5) is 9.59 Å². The number of amides is 4. The Morgan fingerprint density at radius 3 is 1.44 bits per heavy atom. The van der Waals surface area contributed by atoms with Crippen LogP contribution in [0.25, 0.3) is 0 Å². The average Bonchev–Trinajstić information content (AvgIpc) is 2.61. The molecule has 0 bridgehead atoms. The van der Waals surface area contributed by atoms with Gasteiger partial charge in [0.15, 0.2) is 0 Å². The summed E-state index contributed by atoms with van der Waals surface area (Å²) < 4.78 is 0. The maximum Gasteiger partial charge on any atom is 0.317 e. The van der Waals surface area contributed by atoms with Crippen LogP contribution < -0.4 is 21.3 Å². The van der Waals surface area contributed by atoms with E-state index in [1.54, 1.807) is 24.3 Å². The third kappa shape index (κ3) is 3.82. The van der Waals surface area contributed by atoms with E-state index in [4.69, 9.17) is 23.2 Å². The first kappa shape index (κ1) is 17.9. The van der Waals surface area contributed by atoms with Crippen molar-refractivity contribution in [2.75, 3.05) is 0 Å². The van der Waals surface area contributed by atoms with Crippen LogP contribution in [0.2, 0.25) is 10.0 Å². The third-order valence-corrected chi connectivity index (χ3v) is 5.47. The maximum absolute atomic E-state index is 12.3. The van der Waals surface area contributed by atoms with Gasteiger partial charge in [-0.2, -0.15) is 0 Å². The summed E-state index contributed by atoms with van der Waals surface area (Å²) in [6, 6.07) is 13.6. The molecule has 4 rings (SSSR count). The Morgan fingerprint density at radius 2 is 1.07 bits per heavy atom. The van der Waals surface area contributed by atoms with Crippen molar-refractivity contribution < 1.29 is 9.59 Å². The van der Waals surface area contributed by atoms with Crippen LogP contribution in [0.1, 0.15) is 36.1 Å². The van der Waals surface area contributed by atoms with E-state index in [1.165, 1.54) is 0 Å². The summed E-state index contributed by atoms with van der Waals surface area (Å²) in [4.78, 5) is 24.7. The molecule has 2 unspecified atom stereocenters. The van der Waals surface area contributed by atoms with Crippen LogP contribution in [0.5, 0.6) is 0 Å². The summed E-state index contributed by atoms with van der Waals surface area (Å²) in [6.07, 6.45) is 1.02. The minimum absolute atomic E-state index is 0.236. The van der Waals surface area contributed by atoms with Crippen LogP contribution in [0.15, 0.2) is 48.5 Å². The first-order valence-corrected chi connectivity index (χ1v) is 9.36. The lowest BCUT2D eigenvalue weighted by atomic mass is 9.85. The monoisotopic (exact) mass is 404 g/mol. The molecule has 6 nitrogen and oxygen atoms in total. The van der Waals surface area contributed by atoms with Crippen molar-refractivity contribution in [3.63, 3.8) is 0 Å². The molecule has 2 aromatic carbocycles. The summed E-state index contributed by atoms with van der Waals surface area (Å²) in [5, 5.41) is 12.9. The van der Waals surface area contributed by atoms with E-state index in [9.17, 15) is 9.59 Å². The lowest BCUT2D eigenvalue weighted by Crippen LogP contribution is -2.72. The van der Waals surface area contributed by atoms with Gasteiger partial charge >= 0.3 is 12.1 Å². The highest BCUT2D eigenvalue weighted by atomic mass is 35.5. The minimum Gasteiger partial charge on any atom is -0.331 e. The van der Waals surface area contributed by atoms with Gasteiger partial charge in [0.05, 0.1) is 12.1 Å². The Kier molecular flexibility index (Phi) is 4.61. The Morgan fingerprint density at radius 1 is 0.704 bits per heavy atom. The number of hydrogen-bond acceptors (Lipinski definition) is 2. The van der Waals surface area contributed by atoms with Gasteiger partial charge in [0.25, 0.3) is 0 Å². The lowest BCUT2D eigenvalue weighted by Gasteiger charge is -2.47. The van der Waals surface area contributed by atoms with Crippen molar-refractivity contribution in [3.05, 3.63) is 69.7 Å². The second-order valence-electron chi connectivity index (χ2n) is 6.90. The first-order valence-electron chi connectivity index (χ1n) is 8.61. The molecule has 4 N–H and O–H groups in total. The SMILES string of the molecule is O=C1NC(c2ccc(Cl)cc2)CC2(CC(c3ccc(Cl)cc3)NC(=O)N2)N1. The van der Waals surface area contributed by atoms with Crippen molar-refractivity contribution in [1.82, 2.24) is 21.3 Å².